The predicted octanol–water partition coefficient (Wildman–Crippen LogP) is 10.9. The summed E-state index contributed by atoms with van der Waals surface area (Å²) in [6.07, 6.45) is 32.6. The molecule has 0 fully saturated rings. The third kappa shape index (κ3) is 35.7. The Morgan fingerprint density at radius 3 is 1.13 bits per heavy atom. The van der Waals surface area contributed by atoms with Crippen molar-refractivity contribution in [2.45, 2.75) is 206 Å². The first-order valence-electron chi connectivity index (χ1n) is 18.8. The van der Waals surface area contributed by atoms with Crippen molar-refractivity contribution in [2.75, 3.05) is 13.2 Å². The second kappa shape index (κ2) is 33.0. The summed E-state index contributed by atoms with van der Waals surface area (Å²) in [6, 6.07) is 0. The maximum atomic E-state index is 12.3. The van der Waals surface area contributed by atoms with Gasteiger partial charge in [-0.15, -0.1) is 0 Å². The Kier molecular flexibility index (Phi) is 32.3. The van der Waals surface area contributed by atoms with Gasteiger partial charge in [0.15, 0.2) is 6.10 Å². The molecule has 0 aliphatic rings. The molecule has 0 radical (unpaired) electrons. The topological polar surface area (TPSA) is 119 Å². The molecule has 0 amide bonds. The fraction of sp³-hybridized carbons (Fsp3) is 0.944. The summed E-state index contributed by atoms with van der Waals surface area (Å²) >= 11 is 0. The molecule has 0 saturated carbocycles. The third-order valence-electron chi connectivity index (χ3n) is 8.38. The van der Waals surface area contributed by atoms with Crippen LogP contribution >= 0.6 is 7.82 Å². The van der Waals surface area contributed by atoms with Gasteiger partial charge in [-0.3, -0.25) is 14.1 Å². The zero-order valence-corrected chi connectivity index (χ0v) is 30.2. The number of hydrogen-bond acceptors (Lipinski definition) is 6. The number of phosphoric acid groups is 1. The molecular formula is C36H71O8P. The molecule has 0 rings (SSSR count). The number of esters is 2. The zero-order valence-electron chi connectivity index (χ0n) is 29.3. The maximum absolute atomic E-state index is 12.3. The summed E-state index contributed by atoms with van der Waals surface area (Å²) in [5.74, 6) is -0.875. The first-order chi connectivity index (χ1) is 21.8. The van der Waals surface area contributed by atoms with Gasteiger partial charge in [0, 0.05) is 12.8 Å². The highest BCUT2D eigenvalue weighted by molar-refractivity contribution is 7.46. The van der Waals surface area contributed by atoms with Crippen molar-refractivity contribution in [1.29, 1.82) is 0 Å². The molecule has 268 valence electrons. The lowest BCUT2D eigenvalue weighted by Crippen LogP contribution is -2.29. The molecule has 0 bridgehead atoms. The zero-order chi connectivity index (χ0) is 33.3. The van der Waals surface area contributed by atoms with Crippen molar-refractivity contribution in [2.24, 2.45) is 0 Å². The number of hydrogen-bond donors (Lipinski definition) is 2. The summed E-state index contributed by atoms with van der Waals surface area (Å²) in [5.41, 5.74) is 0. The lowest BCUT2D eigenvalue weighted by molar-refractivity contribution is -0.161. The molecule has 0 aliphatic heterocycles. The number of carbonyl (C=O) groups excluding carboxylic acids is 2. The van der Waals surface area contributed by atoms with Gasteiger partial charge in [-0.2, -0.15) is 0 Å². The van der Waals surface area contributed by atoms with Crippen LogP contribution in [0.5, 0.6) is 0 Å². The highest BCUT2D eigenvalue weighted by atomic mass is 31.2. The van der Waals surface area contributed by atoms with E-state index in [1.807, 2.05) is 0 Å². The minimum absolute atomic E-state index is 0.220. The number of ether oxygens (including phenoxy) is 2. The van der Waals surface area contributed by atoms with Gasteiger partial charge in [0.25, 0.3) is 0 Å². The summed E-state index contributed by atoms with van der Waals surface area (Å²) in [6.45, 7) is 3.67. The molecule has 0 saturated heterocycles. The Hall–Kier alpha value is -0.950. The van der Waals surface area contributed by atoms with E-state index in [0.717, 1.165) is 32.1 Å². The van der Waals surface area contributed by atoms with Crippen LogP contribution in [0.15, 0.2) is 0 Å². The van der Waals surface area contributed by atoms with Gasteiger partial charge in [0.1, 0.15) is 6.61 Å². The lowest BCUT2D eigenvalue weighted by atomic mass is 10.0. The monoisotopic (exact) mass is 662 g/mol. The van der Waals surface area contributed by atoms with Crippen molar-refractivity contribution < 1.29 is 37.9 Å². The molecule has 0 aromatic carbocycles. The summed E-state index contributed by atoms with van der Waals surface area (Å²) in [5, 5.41) is 0. The van der Waals surface area contributed by atoms with E-state index in [4.69, 9.17) is 19.3 Å². The smallest absolute Gasteiger partial charge is 0.462 e. The second-order valence-corrected chi connectivity index (χ2v) is 14.2. The molecule has 2 N–H and O–H groups in total. The molecule has 45 heavy (non-hydrogen) atoms. The highest BCUT2D eigenvalue weighted by Gasteiger charge is 2.22. The number of unbranched alkanes of at least 4 members (excludes halogenated alkanes) is 25. The van der Waals surface area contributed by atoms with Crippen molar-refractivity contribution >= 4 is 19.8 Å². The molecule has 9 heteroatoms. The van der Waals surface area contributed by atoms with Crippen molar-refractivity contribution in [3.8, 4) is 0 Å². The van der Waals surface area contributed by atoms with Crippen molar-refractivity contribution in [1.82, 2.24) is 0 Å². The molecular weight excluding hydrogens is 591 g/mol. The Morgan fingerprint density at radius 1 is 0.489 bits per heavy atom. The molecule has 1 atom stereocenters. The van der Waals surface area contributed by atoms with Gasteiger partial charge in [-0.25, -0.2) is 4.57 Å². The van der Waals surface area contributed by atoms with Gasteiger partial charge < -0.3 is 19.3 Å². The largest absolute Gasteiger partial charge is 0.469 e. The van der Waals surface area contributed by atoms with Gasteiger partial charge in [0.05, 0.1) is 6.61 Å². The summed E-state index contributed by atoms with van der Waals surface area (Å²) in [7, 11) is -4.74. The average Bonchev–Trinajstić information content (AvgIpc) is 3.00. The standard InChI is InChI=1S/C36H71O8P/c1-3-5-7-9-11-13-14-15-16-17-18-19-20-21-23-25-27-29-31-36(38)44-34(33-43-45(39,40)41)32-42-35(37)30-28-26-24-22-12-10-8-6-4-2/h34H,3-33H2,1-2H3,(H2,39,40,41)/t34-/m1/s1. The van der Waals surface area contributed by atoms with Crippen LogP contribution in [0.4, 0.5) is 0 Å². The van der Waals surface area contributed by atoms with E-state index in [-0.39, 0.29) is 19.4 Å². The number of phosphoric ester groups is 1. The fourth-order valence-electron chi connectivity index (χ4n) is 5.55. The number of rotatable bonds is 35. The van der Waals surface area contributed by atoms with E-state index in [9.17, 15) is 14.2 Å². The van der Waals surface area contributed by atoms with Crippen LogP contribution in [0.1, 0.15) is 200 Å². The Balaban J connectivity index is 3.86. The van der Waals surface area contributed by atoms with Gasteiger partial charge in [0.2, 0.25) is 0 Å². The molecule has 0 aromatic rings. The van der Waals surface area contributed by atoms with Crippen LogP contribution in [0.3, 0.4) is 0 Å². The first-order valence-corrected chi connectivity index (χ1v) is 20.4. The van der Waals surface area contributed by atoms with Gasteiger partial charge in [-0.05, 0) is 12.8 Å². The quantitative estimate of drug-likeness (QED) is 0.0391. The maximum Gasteiger partial charge on any atom is 0.469 e. The molecule has 0 unspecified atom stereocenters. The van der Waals surface area contributed by atoms with Crippen LogP contribution in [0.2, 0.25) is 0 Å². The van der Waals surface area contributed by atoms with Crippen molar-refractivity contribution in [3.63, 3.8) is 0 Å². The van der Waals surface area contributed by atoms with E-state index < -0.39 is 32.5 Å². The molecule has 0 aromatic heterocycles. The van der Waals surface area contributed by atoms with E-state index in [1.54, 1.807) is 0 Å². The van der Waals surface area contributed by atoms with Crippen LogP contribution in [-0.4, -0.2) is 41.0 Å². The second-order valence-electron chi connectivity index (χ2n) is 12.9. The molecule has 0 heterocycles. The normalized spacial score (nSPS) is 12.4. The van der Waals surface area contributed by atoms with Crippen LogP contribution in [0.25, 0.3) is 0 Å². The van der Waals surface area contributed by atoms with Gasteiger partial charge >= 0.3 is 19.8 Å². The van der Waals surface area contributed by atoms with E-state index in [2.05, 4.69) is 18.4 Å². The molecule has 0 spiro atoms. The lowest BCUT2D eigenvalue weighted by Gasteiger charge is -2.18. The Bertz CT molecular complexity index is 711. The fourth-order valence-corrected chi connectivity index (χ4v) is 5.91. The first kappa shape index (κ1) is 44.0. The van der Waals surface area contributed by atoms with Crippen LogP contribution in [0, 0.1) is 0 Å². The van der Waals surface area contributed by atoms with Crippen LogP contribution in [-0.2, 0) is 28.2 Å². The van der Waals surface area contributed by atoms with Crippen molar-refractivity contribution in [3.05, 3.63) is 0 Å². The Morgan fingerprint density at radius 2 is 0.800 bits per heavy atom. The van der Waals surface area contributed by atoms with Crippen LogP contribution < -0.4 is 0 Å². The molecule has 8 nitrogen and oxygen atoms in total. The highest BCUT2D eigenvalue weighted by Crippen LogP contribution is 2.36. The van der Waals surface area contributed by atoms with E-state index in [1.165, 1.54) is 135 Å². The summed E-state index contributed by atoms with van der Waals surface area (Å²) in [4.78, 5) is 42.6. The Labute approximate surface area is 276 Å². The van der Waals surface area contributed by atoms with E-state index in [0.29, 0.717) is 6.42 Å². The predicted molar refractivity (Wildman–Crippen MR) is 184 cm³/mol. The SMILES string of the molecule is CCCCCCCCCCCCCCCCCCCCC(=O)O[C@H](COC(=O)CCCCCCCCCCC)COP(=O)(O)O. The third-order valence-corrected chi connectivity index (χ3v) is 8.86. The van der Waals surface area contributed by atoms with Gasteiger partial charge in [-0.1, -0.05) is 174 Å². The molecule has 0 aliphatic carbocycles. The minimum Gasteiger partial charge on any atom is -0.462 e. The number of carbonyl (C=O) groups is 2. The minimum atomic E-state index is -4.74. The average molecular weight is 663 g/mol. The van der Waals surface area contributed by atoms with E-state index >= 15 is 0 Å². The summed E-state index contributed by atoms with van der Waals surface area (Å²) < 4.78 is 26.2.